The molecule has 0 amide bonds. The summed E-state index contributed by atoms with van der Waals surface area (Å²) in [6, 6.07) is 8.61. The number of carboxylic acids is 1. The van der Waals surface area contributed by atoms with E-state index in [0.29, 0.717) is 13.8 Å². The van der Waals surface area contributed by atoms with Crippen LogP contribution in [0.25, 0.3) is 0 Å². The number of aliphatic carboxylic acids is 1. The summed E-state index contributed by atoms with van der Waals surface area (Å²) in [5.41, 5.74) is 0.979. The van der Waals surface area contributed by atoms with Crippen LogP contribution in [0.4, 0.5) is 0 Å². The average Bonchev–Trinajstić information content (AvgIpc) is 2.34. The molecule has 1 unspecified atom stereocenters. The van der Waals surface area contributed by atoms with Gasteiger partial charge in [0.15, 0.2) is 0 Å². The molecule has 0 aliphatic heterocycles. The fourth-order valence-corrected chi connectivity index (χ4v) is 1.28. The summed E-state index contributed by atoms with van der Waals surface area (Å²) < 4.78 is 15.4. The van der Waals surface area contributed by atoms with E-state index in [1.807, 2.05) is 30.3 Å². The zero-order valence-corrected chi connectivity index (χ0v) is 9.33. The summed E-state index contributed by atoms with van der Waals surface area (Å²) in [4.78, 5) is 10.8. The van der Waals surface area contributed by atoms with Crippen LogP contribution in [0, 0.1) is 0 Å². The standard InChI is InChI=1S/C11H14BNO4/c14-11(15)10(13-8-12-16)7-17-6-9-4-2-1-3-5-9/h1-5,10,13H,6-8H2,(H,14,15). The van der Waals surface area contributed by atoms with Gasteiger partial charge in [-0.3, -0.25) is 0 Å². The van der Waals surface area contributed by atoms with E-state index in [4.69, 9.17) is 9.84 Å². The van der Waals surface area contributed by atoms with Crippen LogP contribution in [0.15, 0.2) is 30.3 Å². The predicted octanol–water partition coefficient (Wildman–Crippen LogP) is 0.253. The minimum atomic E-state index is -1.03. The molecule has 0 spiro atoms. The van der Waals surface area contributed by atoms with Gasteiger partial charge in [0.05, 0.1) is 0 Å². The van der Waals surface area contributed by atoms with E-state index in [2.05, 4.69) is 5.32 Å². The van der Waals surface area contributed by atoms with E-state index in [-0.39, 0.29) is 13.1 Å². The predicted molar refractivity (Wildman–Crippen MR) is 62.0 cm³/mol. The third kappa shape index (κ3) is 5.37. The molecular weight excluding hydrogens is 221 g/mol. The molecule has 0 bridgehead atoms. The molecule has 1 atom stereocenters. The molecule has 0 aliphatic rings. The molecule has 0 radical (unpaired) electrons. The average molecular weight is 235 g/mol. The molecule has 0 heterocycles. The third-order valence-corrected chi connectivity index (χ3v) is 2.14. The first-order valence-corrected chi connectivity index (χ1v) is 5.25. The maximum absolute atomic E-state index is 10.8. The molecule has 2 N–H and O–H groups in total. The van der Waals surface area contributed by atoms with Crippen LogP contribution in [0.5, 0.6) is 0 Å². The van der Waals surface area contributed by atoms with Crippen molar-refractivity contribution < 1.29 is 19.3 Å². The van der Waals surface area contributed by atoms with E-state index in [1.54, 1.807) is 0 Å². The van der Waals surface area contributed by atoms with Crippen molar-refractivity contribution in [3.8, 4) is 0 Å². The molecule has 1 aromatic rings. The molecule has 1 rings (SSSR count). The number of hydrogen-bond donors (Lipinski definition) is 2. The monoisotopic (exact) mass is 235 g/mol. The van der Waals surface area contributed by atoms with E-state index in [1.165, 1.54) is 0 Å². The zero-order valence-electron chi connectivity index (χ0n) is 9.33. The summed E-state index contributed by atoms with van der Waals surface area (Å²) in [5, 5.41) is 11.4. The van der Waals surface area contributed by atoms with Crippen molar-refractivity contribution in [2.75, 3.05) is 13.1 Å². The van der Waals surface area contributed by atoms with Gasteiger partial charge < -0.3 is 0 Å². The van der Waals surface area contributed by atoms with Gasteiger partial charge in [-0.05, 0) is 0 Å². The Balaban J connectivity index is 2.32. The second kappa shape index (κ2) is 7.70. The van der Waals surface area contributed by atoms with Gasteiger partial charge in [0.25, 0.3) is 0 Å². The van der Waals surface area contributed by atoms with E-state index in [0.717, 1.165) is 5.56 Å². The molecule has 5 nitrogen and oxygen atoms in total. The van der Waals surface area contributed by atoms with Crippen LogP contribution < -0.4 is 5.32 Å². The quantitative estimate of drug-likeness (QED) is 0.632. The molecule has 0 aromatic heterocycles. The molecule has 1 aromatic carbocycles. The molecule has 0 saturated carbocycles. The summed E-state index contributed by atoms with van der Waals surface area (Å²) in [6.07, 6.45) is 0.00562. The molecule has 6 heteroatoms. The maximum atomic E-state index is 10.8. The topological polar surface area (TPSA) is 75.6 Å². The van der Waals surface area contributed by atoms with Gasteiger partial charge in [0.1, 0.15) is 0 Å². The van der Waals surface area contributed by atoms with Crippen molar-refractivity contribution in [2.24, 2.45) is 0 Å². The van der Waals surface area contributed by atoms with Crippen LogP contribution in [-0.2, 0) is 20.8 Å². The number of carbonyl (C=O) groups is 1. The Bertz CT molecular complexity index is 358. The summed E-state index contributed by atoms with van der Waals surface area (Å²) >= 11 is 0. The van der Waals surface area contributed by atoms with Crippen molar-refractivity contribution in [1.82, 2.24) is 5.32 Å². The van der Waals surface area contributed by atoms with Gasteiger partial charge in [-0.25, -0.2) is 0 Å². The first-order chi connectivity index (χ1) is 8.24. The molecular formula is C11H14BNO4. The van der Waals surface area contributed by atoms with Crippen molar-refractivity contribution in [2.45, 2.75) is 12.6 Å². The van der Waals surface area contributed by atoms with E-state index in [9.17, 15) is 9.50 Å². The molecule has 0 saturated heterocycles. The Morgan fingerprint density at radius 3 is 2.71 bits per heavy atom. The number of ether oxygens (including phenoxy) is 1. The Morgan fingerprint density at radius 2 is 2.12 bits per heavy atom. The van der Waals surface area contributed by atoms with Gasteiger partial charge in [0.2, 0.25) is 0 Å². The van der Waals surface area contributed by atoms with E-state index >= 15 is 0 Å². The summed E-state index contributed by atoms with van der Waals surface area (Å²) in [5.74, 6) is -1.03. The SMILES string of the molecule is O=BCNC(COCc1ccccc1)C(=O)O. The van der Waals surface area contributed by atoms with Gasteiger partial charge >= 0.3 is 99.4 Å². The number of nitrogens with one attached hydrogen (secondary N) is 1. The van der Waals surface area contributed by atoms with Crippen molar-refractivity contribution in [1.29, 1.82) is 0 Å². The van der Waals surface area contributed by atoms with Crippen molar-refractivity contribution in [3.05, 3.63) is 35.9 Å². The summed E-state index contributed by atoms with van der Waals surface area (Å²) in [6.45, 7) is 0.380. The summed E-state index contributed by atoms with van der Waals surface area (Å²) in [7, 11) is 0.618. The zero-order chi connectivity index (χ0) is 12.5. The van der Waals surface area contributed by atoms with Gasteiger partial charge in [-0.15, -0.1) is 0 Å². The molecule has 17 heavy (non-hydrogen) atoms. The first kappa shape index (κ1) is 13.5. The van der Waals surface area contributed by atoms with Crippen LogP contribution >= 0.6 is 0 Å². The number of benzene rings is 1. The van der Waals surface area contributed by atoms with Gasteiger partial charge in [0, 0.05) is 0 Å². The second-order valence-electron chi connectivity index (χ2n) is 3.47. The molecule has 0 aliphatic carbocycles. The minimum absolute atomic E-state index is 0.00562. The fraction of sp³-hybridized carbons (Fsp3) is 0.364. The third-order valence-electron chi connectivity index (χ3n) is 2.14. The van der Waals surface area contributed by atoms with Crippen molar-refractivity contribution in [3.63, 3.8) is 0 Å². The normalized spacial score (nSPS) is 11.8. The second-order valence-corrected chi connectivity index (χ2v) is 3.47. The Morgan fingerprint density at radius 1 is 1.41 bits per heavy atom. The van der Waals surface area contributed by atoms with Gasteiger partial charge in [-0.2, -0.15) is 0 Å². The fourth-order valence-electron chi connectivity index (χ4n) is 1.28. The van der Waals surface area contributed by atoms with Crippen LogP contribution in [0.3, 0.4) is 0 Å². The first-order valence-electron chi connectivity index (χ1n) is 5.25. The van der Waals surface area contributed by atoms with Crippen LogP contribution in [-0.4, -0.2) is 37.3 Å². The Labute approximate surface area is 100 Å². The molecule has 90 valence electrons. The number of hydrogen-bond acceptors (Lipinski definition) is 4. The molecule has 0 fully saturated rings. The van der Waals surface area contributed by atoms with Crippen LogP contribution in [0.1, 0.15) is 5.56 Å². The van der Waals surface area contributed by atoms with Crippen LogP contribution in [0.2, 0.25) is 0 Å². The number of carboxylic acid groups (broad SMARTS) is 1. The Kier molecular flexibility index (Phi) is 6.13. The van der Waals surface area contributed by atoms with Gasteiger partial charge in [-0.1, -0.05) is 0 Å². The van der Waals surface area contributed by atoms with Crippen molar-refractivity contribution >= 4 is 13.1 Å². The van der Waals surface area contributed by atoms with E-state index < -0.39 is 12.0 Å². The Hall–Kier alpha value is -1.53. The number of rotatable bonds is 8.